The van der Waals surface area contributed by atoms with Gasteiger partial charge in [-0.15, -0.1) is 11.8 Å². The minimum atomic E-state index is -0.434. The topological polar surface area (TPSA) is 58.4 Å². The Balaban J connectivity index is 1.60. The highest BCUT2D eigenvalue weighted by Crippen LogP contribution is 2.48. The molecule has 0 N–H and O–H groups in total. The number of fused-ring (bicyclic) bond motifs is 1. The molecule has 39 heavy (non-hydrogen) atoms. The van der Waals surface area contributed by atoms with Gasteiger partial charge in [-0.05, 0) is 54.8 Å². The van der Waals surface area contributed by atoms with E-state index in [-0.39, 0.29) is 29.9 Å². The summed E-state index contributed by atoms with van der Waals surface area (Å²) >= 11 is 1.38. The van der Waals surface area contributed by atoms with Crippen LogP contribution in [0, 0.1) is 11.6 Å². The lowest BCUT2D eigenvalue weighted by molar-refractivity contribution is -0.130. The van der Waals surface area contributed by atoms with Crippen LogP contribution < -0.4 is 4.90 Å². The van der Waals surface area contributed by atoms with Gasteiger partial charge in [0.25, 0.3) is 0 Å². The maximum Gasteiger partial charge on any atom is 0.242 e. The number of hydrogen-bond donors (Lipinski definition) is 0. The van der Waals surface area contributed by atoms with Gasteiger partial charge >= 0.3 is 0 Å². The van der Waals surface area contributed by atoms with Gasteiger partial charge in [-0.2, -0.15) is 5.10 Å². The molecule has 0 radical (unpaired) electrons. The lowest BCUT2D eigenvalue weighted by Crippen LogP contribution is -2.43. The van der Waals surface area contributed by atoms with Crippen LogP contribution in [0.15, 0.2) is 78.9 Å². The van der Waals surface area contributed by atoms with Crippen molar-refractivity contribution in [3.63, 3.8) is 0 Å². The average molecular weight is 545 g/mol. The highest BCUT2D eigenvalue weighted by molar-refractivity contribution is 8.00. The number of carbonyl (C=O) groups is 2. The first-order valence-electron chi connectivity index (χ1n) is 12.9. The average Bonchev–Trinajstić information content (AvgIpc) is 3.59. The van der Waals surface area contributed by atoms with Crippen molar-refractivity contribution in [1.29, 1.82) is 0 Å². The summed E-state index contributed by atoms with van der Waals surface area (Å²) < 4.78 is 29.9. The number of thioether (sulfide) groups is 1. The number of aromatic nitrogens is 2. The lowest BCUT2D eigenvalue weighted by atomic mass is 9.99. The molecule has 2 amide bonds. The summed E-state index contributed by atoms with van der Waals surface area (Å²) in [5.74, 6) is -0.605. The Hall–Kier alpha value is -3.98. The van der Waals surface area contributed by atoms with Crippen molar-refractivity contribution in [2.45, 2.75) is 18.1 Å². The van der Waals surface area contributed by atoms with Crippen LogP contribution in [-0.2, 0) is 9.59 Å². The van der Waals surface area contributed by atoms with Crippen LogP contribution in [0.2, 0.25) is 0 Å². The van der Waals surface area contributed by atoms with Crippen molar-refractivity contribution in [2.24, 2.45) is 0 Å². The first kappa shape index (κ1) is 25.3. The summed E-state index contributed by atoms with van der Waals surface area (Å²) in [6, 6.07) is 21.8. The molecule has 0 aliphatic carbocycles. The van der Waals surface area contributed by atoms with Crippen molar-refractivity contribution in [3.05, 3.63) is 102 Å². The van der Waals surface area contributed by atoms with Gasteiger partial charge in [0.05, 0.1) is 22.4 Å². The second kappa shape index (κ2) is 10.6. The number of benzene rings is 3. The van der Waals surface area contributed by atoms with Crippen molar-refractivity contribution in [1.82, 2.24) is 14.7 Å². The van der Waals surface area contributed by atoms with Gasteiger partial charge < -0.3 is 4.90 Å². The maximum absolute atomic E-state index is 14.4. The van der Waals surface area contributed by atoms with Crippen LogP contribution in [0.4, 0.5) is 14.6 Å². The van der Waals surface area contributed by atoms with E-state index in [0.29, 0.717) is 41.4 Å². The fraction of sp³-hybridized carbons (Fsp3) is 0.233. The molecule has 0 unspecified atom stereocenters. The number of carbonyl (C=O) groups excluding carboxylic acids is 2. The van der Waals surface area contributed by atoms with Crippen molar-refractivity contribution >= 4 is 29.4 Å². The highest BCUT2D eigenvalue weighted by Gasteiger charge is 2.38. The molecular weight excluding hydrogens is 518 g/mol. The smallest absolute Gasteiger partial charge is 0.242 e. The fourth-order valence-corrected chi connectivity index (χ4v) is 6.41. The van der Waals surface area contributed by atoms with E-state index >= 15 is 0 Å². The SMILES string of the molecule is O=C(CN1C(=O)CS[C@@H](c2cccc(F)c2)c2c(-c3ccccc3)nn(-c3ccc(F)cc3)c21)N1CCCC1. The molecule has 0 bridgehead atoms. The second-order valence-corrected chi connectivity index (χ2v) is 10.7. The minimum Gasteiger partial charge on any atom is -0.341 e. The zero-order valence-corrected chi connectivity index (χ0v) is 21.9. The number of hydrogen-bond acceptors (Lipinski definition) is 4. The summed E-state index contributed by atoms with van der Waals surface area (Å²) in [5.41, 5.74) is 3.38. The van der Waals surface area contributed by atoms with Crippen molar-refractivity contribution in [2.75, 3.05) is 30.3 Å². The number of halogens is 2. The predicted octanol–water partition coefficient (Wildman–Crippen LogP) is 5.61. The summed E-state index contributed by atoms with van der Waals surface area (Å²) in [6.07, 6.45) is 1.88. The van der Waals surface area contributed by atoms with Gasteiger partial charge in [-0.1, -0.05) is 42.5 Å². The molecule has 4 aromatic rings. The lowest BCUT2D eigenvalue weighted by Gasteiger charge is -2.25. The Kier molecular flexibility index (Phi) is 6.91. The normalized spacial score (nSPS) is 17.3. The van der Waals surface area contributed by atoms with E-state index in [9.17, 15) is 18.4 Å². The molecule has 6 nitrogen and oxygen atoms in total. The first-order chi connectivity index (χ1) is 19.0. The third-order valence-corrected chi connectivity index (χ3v) is 8.37. The Labute approximate surface area is 229 Å². The molecule has 1 saturated heterocycles. The summed E-state index contributed by atoms with van der Waals surface area (Å²) in [4.78, 5) is 30.3. The Bertz CT molecular complexity index is 1520. The van der Waals surface area contributed by atoms with E-state index < -0.39 is 11.1 Å². The van der Waals surface area contributed by atoms with E-state index in [1.807, 2.05) is 36.4 Å². The van der Waals surface area contributed by atoms with Crippen molar-refractivity contribution in [3.8, 4) is 16.9 Å². The standard InChI is InChI=1S/C30H26F2N4O2S/c31-22-11-13-24(14-12-22)36-30-27(28(33-36)20-7-2-1-3-8-20)29(21-9-6-10-23(32)17-21)39-19-26(38)35(30)18-25(37)34-15-4-5-16-34/h1-3,6-14,17,29H,4-5,15-16,18-19H2/t29-/m0/s1. The minimum absolute atomic E-state index is 0.0980. The Morgan fingerprint density at radius 1 is 0.923 bits per heavy atom. The number of rotatable bonds is 5. The van der Waals surface area contributed by atoms with Crippen LogP contribution in [-0.4, -0.2) is 51.9 Å². The molecule has 1 atom stereocenters. The first-order valence-corrected chi connectivity index (χ1v) is 13.9. The monoisotopic (exact) mass is 544 g/mol. The Morgan fingerprint density at radius 2 is 1.67 bits per heavy atom. The second-order valence-electron chi connectivity index (χ2n) is 9.65. The van der Waals surface area contributed by atoms with Gasteiger partial charge in [-0.25, -0.2) is 13.5 Å². The molecule has 1 aromatic heterocycles. The molecule has 6 rings (SSSR count). The number of anilines is 1. The molecule has 1 fully saturated rings. The van der Waals surface area contributed by atoms with Gasteiger partial charge in [0.15, 0.2) is 0 Å². The summed E-state index contributed by atoms with van der Waals surface area (Å²) in [6.45, 7) is 1.20. The zero-order chi connectivity index (χ0) is 26.9. The maximum atomic E-state index is 14.4. The quantitative estimate of drug-likeness (QED) is 0.328. The molecule has 3 aromatic carbocycles. The molecule has 0 saturated carbocycles. The van der Waals surface area contributed by atoms with Crippen LogP contribution in [0.5, 0.6) is 0 Å². The largest absolute Gasteiger partial charge is 0.341 e. The zero-order valence-electron chi connectivity index (χ0n) is 21.1. The van der Waals surface area contributed by atoms with E-state index in [4.69, 9.17) is 5.10 Å². The Morgan fingerprint density at radius 3 is 2.38 bits per heavy atom. The van der Waals surface area contributed by atoms with Gasteiger partial charge in [-0.3, -0.25) is 14.5 Å². The fourth-order valence-electron chi connectivity index (χ4n) is 5.23. The summed E-state index contributed by atoms with van der Waals surface area (Å²) in [5, 5.41) is 4.53. The molecule has 2 aliphatic heterocycles. The molecule has 2 aliphatic rings. The molecule has 0 spiro atoms. The van der Waals surface area contributed by atoms with E-state index in [2.05, 4.69) is 0 Å². The van der Waals surface area contributed by atoms with Crippen LogP contribution >= 0.6 is 11.8 Å². The van der Waals surface area contributed by atoms with Gasteiger partial charge in [0.2, 0.25) is 11.8 Å². The molecule has 3 heterocycles. The van der Waals surface area contributed by atoms with E-state index in [1.165, 1.54) is 40.9 Å². The van der Waals surface area contributed by atoms with Gasteiger partial charge in [0.1, 0.15) is 24.0 Å². The number of amides is 2. The third-order valence-electron chi connectivity index (χ3n) is 7.11. The number of nitrogens with zero attached hydrogens (tertiary/aromatic N) is 4. The number of likely N-dealkylation sites (tertiary alicyclic amines) is 1. The van der Waals surface area contributed by atoms with E-state index in [0.717, 1.165) is 18.4 Å². The van der Waals surface area contributed by atoms with Crippen LogP contribution in [0.1, 0.15) is 29.2 Å². The summed E-state index contributed by atoms with van der Waals surface area (Å²) in [7, 11) is 0. The predicted molar refractivity (Wildman–Crippen MR) is 148 cm³/mol. The molecule has 198 valence electrons. The highest BCUT2D eigenvalue weighted by atomic mass is 32.2. The molecule has 9 heteroatoms. The van der Waals surface area contributed by atoms with Crippen molar-refractivity contribution < 1.29 is 18.4 Å². The van der Waals surface area contributed by atoms with Crippen LogP contribution in [0.25, 0.3) is 16.9 Å². The van der Waals surface area contributed by atoms with E-state index in [1.54, 1.807) is 27.8 Å². The molecular formula is C30H26F2N4O2S. The van der Waals surface area contributed by atoms with Crippen LogP contribution in [0.3, 0.4) is 0 Å². The van der Waals surface area contributed by atoms with Gasteiger partial charge in [0, 0.05) is 24.2 Å². The third kappa shape index (κ3) is 4.94.